The van der Waals surface area contributed by atoms with Gasteiger partial charge in [-0.1, -0.05) is 0 Å². The molecular weight excluding hydrogens is 401 g/mol. The first-order chi connectivity index (χ1) is 15.0. The van der Waals surface area contributed by atoms with Gasteiger partial charge in [0.1, 0.15) is 12.0 Å². The van der Waals surface area contributed by atoms with Crippen LogP contribution in [0.15, 0.2) is 35.2 Å². The average Bonchev–Trinajstić information content (AvgIpc) is 3.47. The maximum absolute atomic E-state index is 13.6. The van der Waals surface area contributed by atoms with Crippen LogP contribution in [0.5, 0.6) is 6.01 Å². The van der Waals surface area contributed by atoms with E-state index >= 15 is 0 Å². The highest BCUT2D eigenvalue weighted by Crippen LogP contribution is 2.43. The number of pyridine rings is 1. The molecule has 3 atom stereocenters. The summed E-state index contributed by atoms with van der Waals surface area (Å²) in [6.07, 6.45) is 6.43. The number of oxazole rings is 1. The Morgan fingerprint density at radius 2 is 2.00 bits per heavy atom. The zero-order valence-corrected chi connectivity index (χ0v) is 17.3. The molecule has 2 bridgehead atoms. The maximum Gasteiger partial charge on any atom is 0.316 e. The summed E-state index contributed by atoms with van der Waals surface area (Å²) in [6, 6.07) is 4.03. The second-order valence-electron chi connectivity index (χ2n) is 8.14. The van der Waals surface area contributed by atoms with Crippen molar-refractivity contribution >= 4 is 5.91 Å². The number of fused-ring (bicyclic) bond motifs is 2. The largest absolute Gasteiger partial charge is 0.463 e. The van der Waals surface area contributed by atoms with Crippen LogP contribution < -0.4 is 4.74 Å². The highest BCUT2D eigenvalue weighted by Gasteiger charge is 2.49. The topological polar surface area (TPSA) is 94.2 Å². The first-order valence-corrected chi connectivity index (χ1v) is 10.3. The molecule has 0 N–H and O–H groups in total. The molecule has 0 aliphatic carbocycles. The number of hydrogen-bond acceptors (Lipinski definition) is 7. The molecule has 2 aliphatic rings. The molecule has 0 aromatic carbocycles. The van der Waals surface area contributed by atoms with Crippen LogP contribution in [0.4, 0.5) is 4.39 Å². The maximum atomic E-state index is 13.6. The average molecular weight is 423 g/mol. The van der Waals surface area contributed by atoms with E-state index in [9.17, 15) is 9.18 Å². The standard InChI is InChI=1S/C22H22FN5O3/c1-12-3-5-17(20-27-13(2)10-30-20)19(26-12)21(29)28-16-4-6-18(28)14(7-16)11-31-22-24-8-15(23)9-25-22/h3,5,8-10,14,16,18H,4,6-7,11H2,1-2H3/t14-,16+,18-/m0/s1. The molecule has 5 heterocycles. The van der Waals surface area contributed by atoms with E-state index in [1.807, 2.05) is 30.9 Å². The molecule has 2 fully saturated rings. The van der Waals surface area contributed by atoms with Crippen molar-refractivity contribution in [3.05, 3.63) is 53.7 Å². The summed E-state index contributed by atoms with van der Waals surface area (Å²) < 4.78 is 24.2. The predicted octanol–water partition coefficient (Wildman–Crippen LogP) is 3.35. The number of carbonyl (C=O) groups excluding carboxylic acids is 1. The summed E-state index contributed by atoms with van der Waals surface area (Å²) >= 11 is 0. The van der Waals surface area contributed by atoms with Crippen LogP contribution >= 0.6 is 0 Å². The van der Waals surface area contributed by atoms with E-state index in [1.54, 1.807) is 6.26 Å². The van der Waals surface area contributed by atoms with Crippen LogP contribution in [0.2, 0.25) is 0 Å². The number of carbonyl (C=O) groups is 1. The Balaban J connectivity index is 1.37. The fraction of sp³-hybridized carbons (Fsp3) is 0.409. The van der Waals surface area contributed by atoms with E-state index in [4.69, 9.17) is 9.15 Å². The molecule has 3 aromatic heterocycles. The molecule has 0 saturated carbocycles. The van der Waals surface area contributed by atoms with E-state index in [-0.39, 0.29) is 29.9 Å². The molecule has 160 valence electrons. The van der Waals surface area contributed by atoms with Crippen LogP contribution in [0.1, 0.15) is 41.1 Å². The van der Waals surface area contributed by atoms with Crippen molar-refractivity contribution in [3.8, 4) is 17.5 Å². The SMILES string of the molecule is Cc1coc(-c2ccc(C)nc2C(=O)N2[C@@H]3CC[C@H]2[C@H](COc2ncc(F)cn2)C3)n1. The second-order valence-corrected chi connectivity index (χ2v) is 8.14. The van der Waals surface area contributed by atoms with Gasteiger partial charge in [-0.05, 0) is 45.2 Å². The molecular formula is C22H22FN5O3. The van der Waals surface area contributed by atoms with Crippen LogP contribution in [-0.2, 0) is 0 Å². The highest BCUT2D eigenvalue weighted by molar-refractivity contribution is 5.98. The third-order valence-corrected chi connectivity index (χ3v) is 6.01. The van der Waals surface area contributed by atoms with Crippen molar-refractivity contribution in [3.63, 3.8) is 0 Å². The molecule has 8 nitrogen and oxygen atoms in total. The lowest BCUT2D eigenvalue weighted by molar-refractivity contribution is 0.0703. The summed E-state index contributed by atoms with van der Waals surface area (Å²) in [5.74, 6) is -0.0591. The van der Waals surface area contributed by atoms with Gasteiger partial charge in [0.15, 0.2) is 5.82 Å². The number of aryl methyl sites for hydroxylation is 2. The van der Waals surface area contributed by atoms with Crippen molar-refractivity contribution in [2.45, 2.75) is 45.2 Å². The minimum Gasteiger partial charge on any atom is -0.463 e. The van der Waals surface area contributed by atoms with E-state index in [0.717, 1.165) is 43.0 Å². The summed E-state index contributed by atoms with van der Waals surface area (Å²) in [7, 11) is 0. The fourth-order valence-corrected chi connectivity index (χ4v) is 4.66. The number of rotatable bonds is 5. The Bertz CT molecular complexity index is 1120. The number of nitrogens with zero attached hydrogens (tertiary/aromatic N) is 5. The molecule has 3 aromatic rings. The van der Waals surface area contributed by atoms with Gasteiger partial charge in [-0.15, -0.1) is 0 Å². The highest BCUT2D eigenvalue weighted by atomic mass is 19.1. The van der Waals surface area contributed by atoms with Gasteiger partial charge in [0, 0.05) is 23.7 Å². The molecule has 9 heteroatoms. The molecule has 0 spiro atoms. The molecule has 0 unspecified atom stereocenters. The zero-order valence-electron chi connectivity index (χ0n) is 17.3. The lowest BCUT2D eigenvalue weighted by Gasteiger charge is -2.24. The quantitative estimate of drug-likeness (QED) is 0.621. The number of hydrogen-bond donors (Lipinski definition) is 0. The number of ether oxygens (including phenoxy) is 1. The van der Waals surface area contributed by atoms with Crippen molar-refractivity contribution < 1.29 is 18.3 Å². The van der Waals surface area contributed by atoms with E-state index < -0.39 is 5.82 Å². The molecule has 1 amide bonds. The van der Waals surface area contributed by atoms with Crippen molar-refractivity contribution in [1.29, 1.82) is 0 Å². The van der Waals surface area contributed by atoms with Crippen molar-refractivity contribution in [2.24, 2.45) is 5.92 Å². The summed E-state index contributed by atoms with van der Waals surface area (Å²) in [4.78, 5) is 32.2. The lowest BCUT2D eigenvalue weighted by Crippen LogP contribution is -2.38. The van der Waals surface area contributed by atoms with E-state index in [0.29, 0.717) is 23.8 Å². The smallest absolute Gasteiger partial charge is 0.316 e. The van der Waals surface area contributed by atoms with Gasteiger partial charge in [0.25, 0.3) is 5.91 Å². The van der Waals surface area contributed by atoms with Gasteiger partial charge < -0.3 is 14.1 Å². The predicted molar refractivity (Wildman–Crippen MR) is 108 cm³/mol. The minimum absolute atomic E-state index is 0.0550. The van der Waals surface area contributed by atoms with Crippen molar-refractivity contribution in [1.82, 2.24) is 24.8 Å². The monoisotopic (exact) mass is 423 g/mol. The first kappa shape index (κ1) is 19.6. The summed E-state index contributed by atoms with van der Waals surface area (Å²) in [6.45, 7) is 4.08. The normalized spacial score (nSPS) is 22.2. The van der Waals surface area contributed by atoms with E-state index in [2.05, 4.69) is 19.9 Å². The number of halogens is 1. The van der Waals surface area contributed by atoms with Gasteiger partial charge in [-0.25, -0.2) is 24.3 Å². The molecule has 5 rings (SSSR count). The van der Waals surface area contributed by atoms with E-state index in [1.165, 1.54) is 0 Å². The number of amides is 1. The van der Waals surface area contributed by atoms with Gasteiger partial charge in [0.05, 0.1) is 30.3 Å². The van der Waals surface area contributed by atoms with Gasteiger partial charge in [0.2, 0.25) is 5.89 Å². The lowest BCUT2D eigenvalue weighted by atomic mass is 9.90. The zero-order chi connectivity index (χ0) is 21.5. The molecule has 2 aliphatic heterocycles. The molecule has 2 saturated heterocycles. The Morgan fingerprint density at radius 1 is 1.19 bits per heavy atom. The van der Waals surface area contributed by atoms with Crippen LogP contribution in [-0.4, -0.2) is 49.4 Å². The number of aromatic nitrogens is 4. The summed E-state index contributed by atoms with van der Waals surface area (Å²) in [5, 5.41) is 0. The fourth-order valence-electron chi connectivity index (χ4n) is 4.66. The second kappa shape index (κ2) is 7.72. The molecule has 0 radical (unpaired) electrons. The molecule has 31 heavy (non-hydrogen) atoms. The minimum atomic E-state index is -0.508. The Kier molecular flexibility index (Phi) is 4.88. The Labute approximate surface area is 178 Å². The van der Waals surface area contributed by atoms with Gasteiger partial charge in [-0.3, -0.25) is 4.79 Å². The third kappa shape index (κ3) is 3.64. The van der Waals surface area contributed by atoms with Crippen LogP contribution in [0.25, 0.3) is 11.5 Å². The third-order valence-electron chi connectivity index (χ3n) is 6.01. The Morgan fingerprint density at radius 3 is 2.74 bits per heavy atom. The van der Waals surface area contributed by atoms with Gasteiger partial charge in [-0.2, -0.15) is 0 Å². The summed E-state index contributed by atoms with van der Waals surface area (Å²) in [5.41, 5.74) is 2.47. The van der Waals surface area contributed by atoms with Crippen LogP contribution in [0.3, 0.4) is 0 Å². The first-order valence-electron chi connectivity index (χ1n) is 10.3. The van der Waals surface area contributed by atoms with Crippen molar-refractivity contribution in [2.75, 3.05) is 6.61 Å². The Hall–Kier alpha value is -3.36. The van der Waals surface area contributed by atoms with Crippen LogP contribution in [0, 0.1) is 25.6 Å². The van der Waals surface area contributed by atoms with Gasteiger partial charge >= 0.3 is 6.01 Å².